The van der Waals surface area contributed by atoms with Crippen molar-refractivity contribution >= 4 is 23.1 Å². The Balaban J connectivity index is 1.78. The Morgan fingerprint density at radius 2 is 1.30 bits per heavy atom. The molecule has 27 heavy (non-hydrogen) atoms. The van der Waals surface area contributed by atoms with Gasteiger partial charge in [-0.3, -0.25) is 0 Å². The number of carboxylic acid groups (broad SMARTS) is 2. The van der Waals surface area contributed by atoms with E-state index in [1.165, 1.54) is 0 Å². The number of carbonyl (C=O) groups is 2. The van der Waals surface area contributed by atoms with Crippen LogP contribution < -0.4 is 0 Å². The molecular weight excluding hydrogens is 340 g/mol. The number of hydrogen-bond donors (Lipinski definition) is 2. The Bertz CT molecular complexity index is 992. The van der Waals surface area contributed by atoms with Crippen LogP contribution in [0.4, 0.5) is 0 Å². The van der Waals surface area contributed by atoms with Crippen LogP contribution in [0.15, 0.2) is 59.7 Å². The van der Waals surface area contributed by atoms with E-state index in [2.05, 4.69) is 0 Å². The van der Waals surface area contributed by atoms with E-state index in [9.17, 15) is 19.8 Å². The fourth-order valence-corrected chi connectivity index (χ4v) is 4.21. The van der Waals surface area contributed by atoms with Crippen molar-refractivity contribution in [2.24, 2.45) is 5.92 Å². The van der Waals surface area contributed by atoms with Gasteiger partial charge in [0.05, 0.1) is 0 Å². The molecule has 4 heteroatoms. The number of hydrogen-bond acceptors (Lipinski definition) is 2. The minimum absolute atomic E-state index is 0.112. The van der Waals surface area contributed by atoms with Crippen molar-refractivity contribution in [1.82, 2.24) is 0 Å². The fourth-order valence-electron chi connectivity index (χ4n) is 4.21. The Morgan fingerprint density at radius 3 is 1.81 bits per heavy atom. The molecular formula is C23H20O4. The summed E-state index contributed by atoms with van der Waals surface area (Å²) in [6, 6.07) is 15.7. The van der Waals surface area contributed by atoms with Gasteiger partial charge in [-0.05, 0) is 45.7 Å². The van der Waals surface area contributed by atoms with Gasteiger partial charge in [0.15, 0.2) is 0 Å². The lowest BCUT2D eigenvalue weighted by atomic mass is 9.83. The van der Waals surface area contributed by atoms with Crippen molar-refractivity contribution in [3.63, 3.8) is 0 Å². The molecule has 1 unspecified atom stereocenters. The van der Waals surface area contributed by atoms with E-state index < -0.39 is 11.9 Å². The molecule has 136 valence electrons. The normalized spacial score (nSPS) is 16.3. The van der Waals surface area contributed by atoms with Crippen LogP contribution in [-0.4, -0.2) is 22.2 Å². The van der Waals surface area contributed by atoms with Crippen LogP contribution in [-0.2, 0) is 22.4 Å². The molecule has 0 spiro atoms. The number of allylic oxidation sites excluding steroid dienone is 2. The van der Waals surface area contributed by atoms with Crippen LogP contribution in [0.1, 0.15) is 35.6 Å². The first-order chi connectivity index (χ1) is 12.9. The van der Waals surface area contributed by atoms with E-state index in [-0.39, 0.29) is 5.92 Å². The lowest BCUT2D eigenvalue weighted by Gasteiger charge is -2.21. The van der Waals surface area contributed by atoms with Gasteiger partial charge < -0.3 is 10.2 Å². The van der Waals surface area contributed by atoms with Crippen LogP contribution in [0.3, 0.4) is 0 Å². The first-order valence-corrected chi connectivity index (χ1v) is 9.04. The van der Waals surface area contributed by atoms with Crippen LogP contribution in [0.2, 0.25) is 0 Å². The minimum atomic E-state index is -0.906. The molecule has 0 amide bonds. The molecule has 2 aromatic rings. The highest BCUT2D eigenvalue weighted by Gasteiger charge is 2.27. The summed E-state index contributed by atoms with van der Waals surface area (Å²) in [5.41, 5.74) is 6.18. The average Bonchev–Trinajstić information content (AvgIpc) is 3.09. The van der Waals surface area contributed by atoms with Crippen molar-refractivity contribution in [1.29, 1.82) is 0 Å². The molecule has 0 aliphatic heterocycles. The van der Waals surface area contributed by atoms with Crippen molar-refractivity contribution in [2.45, 2.75) is 26.2 Å². The van der Waals surface area contributed by atoms with Gasteiger partial charge in [-0.1, -0.05) is 55.5 Å². The number of fused-ring (bicyclic) bond motifs is 6. The summed E-state index contributed by atoms with van der Waals surface area (Å²) in [6.07, 6.45) is 1.28. The standard InChI is InChI=1S/C23H20O4/c1-13(21-17-8-4-15(5-9-17)12-20(21)23(26)27)10-18-16-6-2-14(3-7-16)11-19(18)22(24)25/h2-9,13H,10-12H2,1H3,(H,24,25)(H,26,27). The SMILES string of the molecule is CC(CC1=C(C(=O)O)Cc2ccc1cc2)C1=C(C(=O)O)Cc2ccc1cc2. The maximum Gasteiger partial charge on any atom is 0.332 e. The predicted octanol–water partition coefficient (Wildman–Crippen LogP) is 4.20. The summed E-state index contributed by atoms with van der Waals surface area (Å²) in [5, 5.41) is 19.5. The van der Waals surface area contributed by atoms with Gasteiger partial charge in [0.2, 0.25) is 0 Å². The summed E-state index contributed by atoms with van der Waals surface area (Å²) in [4.78, 5) is 23.8. The van der Waals surface area contributed by atoms with Gasteiger partial charge >= 0.3 is 11.9 Å². The molecule has 6 rings (SSSR count). The second-order valence-electron chi connectivity index (χ2n) is 7.31. The topological polar surface area (TPSA) is 74.6 Å². The summed E-state index contributed by atoms with van der Waals surface area (Å²) in [7, 11) is 0. The number of benzene rings is 2. The van der Waals surface area contributed by atoms with Gasteiger partial charge in [-0.25, -0.2) is 9.59 Å². The highest BCUT2D eigenvalue weighted by Crippen LogP contribution is 2.39. The summed E-state index contributed by atoms with van der Waals surface area (Å²) < 4.78 is 0. The van der Waals surface area contributed by atoms with E-state index in [4.69, 9.17) is 0 Å². The fraction of sp³-hybridized carbons (Fsp3) is 0.217. The third kappa shape index (κ3) is 3.08. The molecule has 4 nitrogen and oxygen atoms in total. The van der Waals surface area contributed by atoms with E-state index >= 15 is 0 Å². The number of rotatable bonds is 5. The van der Waals surface area contributed by atoms with Crippen molar-refractivity contribution in [2.75, 3.05) is 0 Å². The lowest BCUT2D eigenvalue weighted by molar-refractivity contribution is -0.133. The average molecular weight is 360 g/mol. The first-order valence-electron chi connectivity index (χ1n) is 9.04. The highest BCUT2D eigenvalue weighted by molar-refractivity contribution is 6.00. The zero-order valence-corrected chi connectivity index (χ0v) is 15.0. The summed E-state index contributed by atoms with van der Waals surface area (Å²) >= 11 is 0. The molecule has 4 aliphatic carbocycles. The Kier molecular flexibility index (Phi) is 4.19. The summed E-state index contributed by atoms with van der Waals surface area (Å²) in [5.74, 6) is -1.92. The third-order valence-electron chi connectivity index (χ3n) is 5.54. The minimum Gasteiger partial charge on any atom is -0.478 e. The molecule has 0 aromatic heterocycles. The van der Waals surface area contributed by atoms with Crippen molar-refractivity contribution < 1.29 is 19.8 Å². The van der Waals surface area contributed by atoms with E-state index in [1.807, 2.05) is 55.5 Å². The molecule has 0 radical (unpaired) electrons. The number of carboxylic acids is 2. The maximum atomic E-state index is 11.9. The largest absolute Gasteiger partial charge is 0.478 e. The third-order valence-corrected chi connectivity index (χ3v) is 5.54. The smallest absolute Gasteiger partial charge is 0.332 e. The lowest BCUT2D eigenvalue weighted by Crippen LogP contribution is -2.12. The molecule has 2 N–H and O–H groups in total. The molecule has 0 saturated heterocycles. The first kappa shape index (κ1) is 17.3. The van der Waals surface area contributed by atoms with Gasteiger partial charge in [0.1, 0.15) is 0 Å². The van der Waals surface area contributed by atoms with Gasteiger partial charge in [0.25, 0.3) is 0 Å². The monoisotopic (exact) mass is 360 g/mol. The van der Waals surface area contributed by atoms with Crippen LogP contribution in [0.25, 0.3) is 11.1 Å². The Morgan fingerprint density at radius 1 is 0.815 bits per heavy atom. The van der Waals surface area contributed by atoms with Crippen LogP contribution in [0.5, 0.6) is 0 Å². The molecule has 0 heterocycles. The van der Waals surface area contributed by atoms with E-state index in [0.29, 0.717) is 30.4 Å². The number of aliphatic carboxylic acids is 2. The van der Waals surface area contributed by atoms with E-state index in [1.54, 1.807) is 0 Å². The molecule has 4 bridgehead atoms. The predicted molar refractivity (Wildman–Crippen MR) is 103 cm³/mol. The van der Waals surface area contributed by atoms with Crippen LogP contribution >= 0.6 is 0 Å². The zero-order valence-electron chi connectivity index (χ0n) is 15.0. The highest BCUT2D eigenvalue weighted by atomic mass is 16.4. The van der Waals surface area contributed by atoms with Crippen LogP contribution in [0, 0.1) is 5.92 Å². The molecule has 1 atom stereocenters. The van der Waals surface area contributed by atoms with Crippen molar-refractivity contribution in [3.05, 3.63) is 81.9 Å². The summed E-state index contributed by atoms with van der Waals surface area (Å²) in [6.45, 7) is 1.99. The van der Waals surface area contributed by atoms with Crippen molar-refractivity contribution in [3.8, 4) is 0 Å². The Hall–Kier alpha value is -3.14. The van der Waals surface area contributed by atoms with Gasteiger partial charge in [-0.2, -0.15) is 0 Å². The Labute approximate surface area is 157 Å². The zero-order chi connectivity index (χ0) is 19.1. The van der Waals surface area contributed by atoms with Gasteiger partial charge in [-0.15, -0.1) is 0 Å². The van der Waals surface area contributed by atoms with E-state index in [0.717, 1.165) is 33.4 Å². The second-order valence-corrected chi connectivity index (χ2v) is 7.31. The molecule has 0 saturated carbocycles. The molecule has 2 aromatic carbocycles. The molecule has 4 aliphatic rings. The second kappa shape index (κ2) is 6.54. The quantitative estimate of drug-likeness (QED) is 0.838. The molecule has 0 fully saturated rings. The maximum absolute atomic E-state index is 11.9. The van der Waals surface area contributed by atoms with Gasteiger partial charge in [0, 0.05) is 24.0 Å².